The van der Waals surface area contributed by atoms with Crippen molar-refractivity contribution in [1.29, 1.82) is 0 Å². The van der Waals surface area contributed by atoms with Gasteiger partial charge in [-0.1, -0.05) is 25.1 Å². The Morgan fingerprint density at radius 2 is 2.00 bits per heavy atom. The van der Waals surface area contributed by atoms with E-state index >= 15 is 0 Å². The average Bonchev–Trinajstić information content (AvgIpc) is 2.44. The van der Waals surface area contributed by atoms with Crippen LogP contribution in [0.5, 0.6) is 0 Å². The molecule has 1 N–H and O–H groups in total. The second-order valence-electron chi connectivity index (χ2n) is 5.13. The fourth-order valence-corrected chi connectivity index (χ4v) is 2.26. The molecular weight excluding hydrogens is 251 g/mol. The Morgan fingerprint density at radius 3 is 2.65 bits per heavy atom. The van der Waals surface area contributed by atoms with Gasteiger partial charge >= 0.3 is 0 Å². The van der Waals surface area contributed by atoms with Gasteiger partial charge in [0.1, 0.15) is 5.82 Å². The number of rotatable bonds is 5. The third-order valence-electron chi connectivity index (χ3n) is 3.58. The lowest BCUT2D eigenvalue weighted by molar-refractivity contribution is 0.543. The van der Waals surface area contributed by atoms with Gasteiger partial charge in [0.2, 0.25) is 0 Å². The highest BCUT2D eigenvalue weighted by molar-refractivity contribution is 5.37. The van der Waals surface area contributed by atoms with Gasteiger partial charge in [-0.2, -0.15) is 0 Å². The van der Waals surface area contributed by atoms with Crippen LogP contribution in [0.1, 0.15) is 41.6 Å². The smallest absolute Gasteiger partial charge is 0.146 e. The van der Waals surface area contributed by atoms with E-state index in [4.69, 9.17) is 0 Å². The quantitative estimate of drug-likeness (QED) is 0.892. The van der Waals surface area contributed by atoms with Gasteiger partial charge in [-0.15, -0.1) is 0 Å². The maximum absolute atomic E-state index is 14.0. The van der Waals surface area contributed by atoms with E-state index in [-0.39, 0.29) is 11.9 Å². The Labute approximate surface area is 120 Å². The summed E-state index contributed by atoms with van der Waals surface area (Å²) in [5, 5.41) is 3.42. The molecule has 0 radical (unpaired) electrons. The minimum Gasteiger partial charge on any atom is -0.306 e. The molecule has 0 fully saturated rings. The number of aromatic nitrogens is 1. The van der Waals surface area contributed by atoms with E-state index in [9.17, 15) is 4.39 Å². The standard InChI is InChI=1S/C17H21FN2/c1-4-8-20-17(15-7-9-19-11-16(15)18)14-6-5-12(2)13(3)10-14/h5-7,9-11,17,20H,4,8H2,1-3H3. The molecule has 1 atom stereocenters. The molecule has 0 saturated carbocycles. The van der Waals surface area contributed by atoms with Crippen molar-refractivity contribution in [2.75, 3.05) is 6.54 Å². The number of pyridine rings is 1. The topological polar surface area (TPSA) is 24.9 Å². The lowest BCUT2D eigenvalue weighted by Gasteiger charge is -2.21. The SMILES string of the molecule is CCCNC(c1ccc(C)c(C)c1)c1ccncc1F. The monoisotopic (exact) mass is 272 g/mol. The van der Waals surface area contributed by atoms with Crippen molar-refractivity contribution in [3.8, 4) is 0 Å². The zero-order valence-electron chi connectivity index (χ0n) is 12.3. The molecule has 20 heavy (non-hydrogen) atoms. The lowest BCUT2D eigenvalue weighted by atomic mass is 9.96. The highest BCUT2D eigenvalue weighted by atomic mass is 19.1. The first kappa shape index (κ1) is 14.7. The molecule has 3 heteroatoms. The first-order chi connectivity index (χ1) is 9.63. The largest absolute Gasteiger partial charge is 0.306 e. The summed E-state index contributed by atoms with van der Waals surface area (Å²) in [6.45, 7) is 7.12. The molecule has 0 aliphatic rings. The number of aryl methyl sites for hydroxylation is 2. The Hall–Kier alpha value is -1.74. The zero-order valence-corrected chi connectivity index (χ0v) is 12.3. The molecule has 106 valence electrons. The van der Waals surface area contributed by atoms with Crippen molar-refractivity contribution in [3.05, 3.63) is 64.7 Å². The van der Waals surface area contributed by atoms with Crippen LogP contribution in [0.3, 0.4) is 0 Å². The van der Waals surface area contributed by atoms with Crippen molar-refractivity contribution in [3.63, 3.8) is 0 Å². The lowest BCUT2D eigenvalue weighted by Crippen LogP contribution is -2.24. The molecule has 2 nitrogen and oxygen atoms in total. The summed E-state index contributed by atoms with van der Waals surface area (Å²) in [4.78, 5) is 3.83. The van der Waals surface area contributed by atoms with Crippen molar-refractivity contribution in [1.82, 2.24) is 10.3 Å². The summed E-state index contributed by atoms with van der Waals surface area (Å²) >= 11 is 0. The molecule has 1 aromatic carbocycles. The van der Waals surface area contributed by atoms with E-state index in [0.717, 1.165) is 18.5 Å². The van der Waals surface area contributed by atoms with Crippen molar-refractivity contribution in [2.45, 2.75) is 33.2 Å². The summed E-state index contributed by atoms with van der Waals surface area (Å²) in [6.07, 6.45) is 3.92. The number of nitrogens with zero attached hydrogens (tertiary/aromatic N) is 1. The second-order valence-corrected chi connectivity index (χ2v) is 5.13. The van der Waals surface area contributed by atoms with Gasteiger partial charge in [-0.3, -0.25) is 4.98 Å². The van der Waals surface area contributed by atoms with Crippen LogP contribution >= 0.6 is 0 Å². The van der Waals surface area contributed by atoms with Crippen LogP contribution in [0.2, 0.25) is 0 Å². The van der Waals surface area contributed by atoms with Crippen LogP contribution in [0.4, 0.5) is 4.39 Å². The Kier molecular flexibility index (Phi) is 4.85. The summed E-state index contributed by atoms with van der Waals surface area (Å²) in [6, 6.07) is 7.90. The van der Waals surface area contributed by atoms with Crippen molar-refractivity contribution in [2.24, 2.45) is 0 Å². The van der Waals surface area contributed by atoms with Crippen molar-refractivity contribution >= 4 is 0 Å². The van der Waals surface area contributed by atoms with E-state index in [1.165, 1.54) is 17.3 Å². The molecule has 1 unspecified atom stereocenters. The summed E-state index contributed by atoms with van der Waals surface area (Å²) < 4.78 is 14.0. The summed E-state index contributed by atoms with van der Waals surface area (Å²) in [7, 11) is 0. The van der Waals surface area contributed by atoms with Gasteiger partial charge in [0.25, 0.3) is 0 Å². The van der Waals surface area contributed by atoms with E-state index in [0.29, 0.717) is 5.56 Å². The molecule has 0 bridgehead atoms. The average molecular weight is 272 g/mol. The molecule has 0 spiro atoms. The van der Waals surface area contributed by atoms with Gasteiger partial charge in [-0.05, 0) is 49.6 Å². The third-order valence-corrected chi connectivity index (χ3v) is 3.58. The molecule has 0 amide bonds. The number of hydrogen-bond donors (Lipinski definition) is 1. The Morgan fingerprint density at radius 1 is 1.20 bits per heavy atom. The van der Waals surface area contributed by atoms with E-state index in [1.807, 2.05) is 0 Å². The predicted molar refractivity (Wildman–Crippen MR) is 80.2 cm³/mol. The van der Waals surface area contributed by atoms with Gasteiger partial charge in [0.15, 0.2) is 0 Å². The molecule has 1 aromatic heterocycles. The number of nitrogens with one attached hydrogen (secondary N) is 1. The zero-order chi connectivity index (χ0) is 14.5. The van der Waals surface area contributed by atoms with Crippen LogP contribution in [0, 0.1) is 19.7 Å². The normalized spacial score (nSPS) is 12.4. The molecule has 0 aliphatic carbocycles. The van der Waals surface area contributed by atoms with Crippen LogP contribution < -0.4 is 5.32 Å². The van der Waals surface area contributed by atoms with Gasteiger partial charge < -0.3 is 5.32 Å². The molecule has 2 aromatic rings. The number of hydrogen-bond acceptors (Lipinski definition) is 2. The van der Waals surface area contributed by atoms with Crippen LogP contribution in [0.15, 0.2) is 36.7 Å². The Balaban J connectivity index is 2.41. The molecule has 1 heterocycles. The second kappa shape index (κ2) is 6.62. The minimum absolute atomic E-state index is 0.128. The van der Waals surface area contributed by atoms with Crippen LogP contribution in [0.25, 0.3) is 0 Å². The maximum Gasteiger partial charge on any atom is 0.146 e. The van der Waals surface area contributed by atoms with Crippen LogP contribution in [-0.2, 0) is 0 Å². The molecular formula is C17H21FN2. The van der Waals surface area contributed by atoms with E-state index < -0.39 is 0 Å². The number of halogens is 1. The van der Waals surface area contributed by atoms with E-state index in [1.54, 1.807) is 12.3 Å². The Bertz CT molecular complexity index is 581. The van der Waals surface area contributed by atoms with E-state index in [2.05, 4.69) is 49.3 Å². The predicted octanol–water partition coefficient (Wildman–Crippen LogP) is 3.93. The first-order valence-electron chi connectivity index (χ1n) is 7.03. The molecule has 2 rings (SSSR count). The summed E-state index contributed by atoms with van der Waals surface area (Å²) in [5.41, 5.74) is 4.21. The first-order valence-corrected chi connectivity index (χ1v) is 7.03. The van der Waals surface area contributed by atoms with Crippen molar-refractivity contribution < 1.29 is 4.39 Å². The fraction of sp³-hybridized carbons (Fsp3) is 0.353. The molecule has 0 aliphatic heterocycles. The van der Waals surface area contributed by atoms with Gasteiger partial charge in [0.05, 0.1) is 12.2 Å². The number of benzene rings is 1. The fourth-order valence-electron chi connectivity index (χ4n) is 2.26. The molecule has 0 saturated heterocycles. The summed E-state index contributed by atoms with van der Waals surface area (Å²) in [5.74, 6) is -0.265. The highest BCUT2D eigenvalue weighted by Crippen LogP contribution is 2.25. The third kappa shape index (κ3) is 3.23. The minimum atomic E-state index is -0.265. The van der Waals surface area contributed by atoms with Gasteiger partial charge in [0, 0.05) is 11.8 Å². The van der Waals surface area contributed by atoms with Gasteiger partial charge in [-0.25, -0.2) is 4.39 Å². The highest BCUT2D eigenvalue weighted by Gasteiger charge is 2.17. The van der Waals surface area contributed by atoms with Crippen LogP contribution in [-0.4, -0.2) is 11.5 Å². The maximum atomic E-state index is 14.0.